The monoisotopic (exact) mass is 434 g/mol. The molecule has 1 amide bonds. The van der Waals surface area contributed by atoms with Crippen molar-refractivity contribution in [3.63, 3.8) is 0 Å². The number of carbonyl (C=O) groups is 2. The SMILES string of the molecule is NC(=O)c1cccc2c1c1ccc(CO)cc1n2Cc1cccc(C(=O)c2ccccc2)c1. The number of nitrogens with two attached hydrogens (primary N) is 1. The van der Waals surface area contributed by atoms with Crippen molar-refractivity contribution in [3.8, 4) is 0 Å². The molecule has 0 spiro atoms. The molecule has 0 atom stereocenters. The number of carbonyl (C=O) groups excluding carboxylic acids is 2. The molecule has 4 aromatic carbocycles. The van der Waals surface area contributed by atoms with Crippen LogP contribution in [0.5, 0.6) is 0 Å². The van der Waals surface area contributed by atoms with Crippen LogP contribution in [0.25, 0.3) is 21.8 Å². The van der Waals surface area contributed by atoms with Crippen LogP contribution >= 0.6 is 0 Å². The van der Waals surface area contributed by atoms with E-state index in [4.69, 9.17) is 5.73 Å². The third kappa shape index (κ3) is 3.69. The van der Waals surface area contributed by atoms with Crippen molar-refractivity contribution in [2.75, 3.05) is 0 Å². The third-order valence-corrected chi connectivity index (χ3v) is 5.97. The van der Waals surface area contributed by atoms with E-state index in [1.165, 1.54) is 0 Å². The van der Waals surface area contributed by atoms with Gasteiger partial charge < -0.3 is 15.4 Å². The predicted molar refractivity (Wildman–Crippen MR) is 129 cm³/mol. The minimum Gasteiger partial charge on any atom is -0.392 e. The molecule has 0 saturated heterocycles. The van der Waals surface area contributed by atoms with E-state index in [1.807, 2.05) is 84.9 Å². The number of aliphatic hydroxyl groups excluding tert-OH is 1. The number of benzene rings is 4. The number of hydrogen-bond acceptors (Lipinski definition) is 3. The summed E-state index contributed by atoms with van der Waals surface area (Å²) in [7, 11) is 0. The number of fused-ring (bicyclic) bond motifs is 3. The van der Waals surface area contributed by atoms with Crippen LogP contribution in [0.1, 0.15) is 37.4 Å². The van der Waals surface area contributed by atoms with E-state index < -0.39 is 5.91 Å². The summed E-state index contributed by atoms with van der Waals surface area (Å²) < 4.78 is 2.10. The van der Waals surface area contributed by atoms with Crippen LogP contribution in [0, 0.1) is 0 Å². The van der Waals surface area contributed by atoms with Gasteiger partial charge in [0, 0.05) is 39.5 Å². The molecular formula is C28H22N2O3. The van der Waals surface area contributed by atoms with Gasteiger partial charge in [0.2, 0.25) is 5.91 Å². The number of primary amides is 1. The minimum absolute atomic E-state index is 0.0294. The van der Waals surface area contributed by atoms with E-state index in [0.29, 0.717) is 23.2 Å². The maximum Gasteiger partial charge on any atom is 0.249 e. The van der Waals surface area contributed by atoms with Crippen molar-refractivity contribution in [2.45, 2.75) is 13.2 Å². The molecule has 0 aliphatic rings. The average molecular weight is 434 g/mol. The summed E-state index contributed by atoms with van der Waals surface area (Å²) in [6, 6.07) is 28.0. The Morgan fingerprint density at radius 3 is 2.27 bits per heavy atom. The molecule has 5 aromatic rings. The number of nitrogens with zero attached hydrogens (tertiary/aromatic N) is 1. The zero-order chi connectivity index (χ0) is 22.9. The second-order valence-corrected chi connectivity index (χ2v) is 8.06. The third-order valence-electron chi connectivity index (χ3n) is 5.97. The van der Waals surface area contributed by atoms with Gasteiger partial charge in [-0.3, -0.25) is 9.59 Å². The zero-order valence-electron chi connectivity index (χ0n) is 17.9. The normalized spacial score (nSPS) is 11.2. The maximum absolute atomic E-state index is 12.9. The Bertz CT molecular complexity index is 1520. The summed E-state index contributed by atoms with van der Waals surface area (Å²) in [6.45, 7) is 0.411. The highest BCUT2D eigenvalue weighted by Gasteiger charge is 2.17. The smallest absolute Gasteiger partial charge is 0.249 e. The topological polar surface area (TPSA) is 85.3 Å². The van der Waals surface area contributed by atoms with Crippen LogP contribution in [0.2, 0.25) is 0 Å². The van der Waals surface area contributed by atoms with Crippen molar-refractivity contribution < 1.29 is 14.7 Å². The first kappa shape index (κ1) is 20.7. The highest BCUT2D eigenvalue weighted by Crippen LogP contribution is 2.33. The number of aromatic nitrogens is 1. The molecule has 5 nitrogen and oxygen atoms in total. The molecule has 33 heavy (non-hydrogen) atoms. The van der Waals surface area contributed by atoms with Crippen molar-refractivity contribution in [3.05, 3.63) is 119 Å². The summed E-state index contributed by atoms with van der Waals surface area (Å²) in [5.74, 6) is -0.514. The summed E-state index contributed by atoms with van der Waals surface area (Å²) in [6.07, 6.45) is 0. The Morgan fingerprint density at radius 1 is 0.758 bits per heavy atom. The molecule has 0 bridgehead atoms. The predicted octanol–water partition coefficient (Wildman–Crippen LogP) is 4.67. The molecule has 0 aliphatic carbocycles. The van der Waals surface area contributed by atoms with Crippen molar-refractivity contribution in [2.24, 2.45) is 5.73 Å². The molecule has 5 heteroatoms. The van der Waals surface area contributed by atoms with Gasteiger partial charge >= 0.3 is 0 Å². The molecule has 0 aliphatic heterocycles. The summed E-state index contributed by atoms with van der Waals surface area (Å²) in [4.78, 5) is 25.1. The summed E-state index contributed by atoms with van der Waals surface area (Å²) >= 11 is 0. The van der Waals surface area contributed by atoms with Crippen LogP contribution in [0.15, 0.2) is 91.0 Å². The highest BCUT2D eigenvalue weighted by atomic mass is 16.3. The molecule has 0 radical (unpaired) electrons. The lowest BCUT2D eigenvalue weighted by Gasteiger charge is -2.10. The number of ketones is 1. The fourth-order valence-corrected chi connectivity index (χ4v) is 4.41. The first-order chi connectivity index (χ1) is 16.1. The molecule has 1 heterocycles. The van der Waals surface area contributed by atoms with Gasteiger partial charge in [-0.15, -0.1) is 0 Å². The van der Waals surface area contributed by atoms with E-state index in [0.717, 1.165) is 32.9 Å². The van der Waals surface area contributed by atoms with Crippen LogP contribution in [0.3, 0.4) is 0 Å². The van der Waals surface area contributed by atoms with Gasteiger partial charge in [-0.2, -0.15) is 0 Å². The molecule has 3 N–H and O–H groups in total. The van der Waals surface area contributed by atoms with Gasteiger partial charge in [-0.05, 0) is 35.4 Å². The van der Waals surface area contributed by atoms with Gasteiger partial charge in [0.1, 0.15) is 0 Å². The van der Waals surface area contributed by atoms with Gasteiger partial charge in [0.25, 0.3) is 0 Å². The van der Waals surface area contributed by atoms with Gasteiger partial charge in [0.05, 0.1) is 12.1 Å². The Balaban J connectivity index is 1.65. The van der Waals surface area contributed by atoms with Crippen molar-refractivity contribution in [1.82, 2.24) is 4.57 Å². The molecule has 0 fully saturated rings. The van der Waals surface area contributed by atoms with Crippen LogP contribution in [-0.4, -0.2) is 21.4 Å². The van der Waals surface area contributed by atoms with E-state index >= 15 is 0 Å². The zero-order valence-corrected chi connectivity index (χ0v) is 17.9. The first-order valence-electron chi connectivity index (χ1n) is 10.7. The van der Waals surface area contributed by atoms with Crippen molar-refractivity contribution >= 4 is 33.5 Å². The molecule has 5 rings (SSSR count). The lowest BCUT2D eigenvalue weighted by Crippen LogP contribution is -2.11. The lowest BCUT2D eigenvalue weighted by molar-refractivity contribution is 0.1000. The average Bonchev–Trinajstić information content (AvgIpc) is 3.17. The molecule has 0 unspecified atom stereocenters. The summed E-state index contributed by atoms with van der Waals surface area (Å²) in [5, 5.41) is 11.4. The van der Waals surface area contributed by atoms with Crippen LogP contribution in [0.4, 0.5) is 0 Å². The first-order valence-corrected chi connectivity index (χ1v) is 10.7. The van der Waals surface area contributed by atoms with Crippen molar-refractivity contribution in [1.29, 1.82) is 0 Å². The lowest BCUT2D eigenvalue weighted by atomic mass is 10.0. The van der Waals surface area contributed by atoms with E-state index in [9.17, 15) is 14.7 Å². The Morgan fingerprint density at radius 2 is 1.52 bits per heavy atom. The van der Waals surface area contributed by atoms with E-state index in [2.05, 4.69) is 4.57 Å². The second-order valence-electron chi connectivity index (χ2n) is 8.06. The highest BCUT2D eigenvalue weighted by molar-refractivity contribution is 6.18. The Labute approximate surface area is 190 Å². The van der Waals surface area contributed by atoms with Gasteiger partial charge in [-0.1, -0.05) is 66.7 Å². The maximum atomic E-state index is 12.9. The van der Waals surface area contributed by atoms with Gasteiger partial charge in [-0.25, -0.2) is 0 Å². The number of aliphatic hydroxyl groups is 1. The van der Waals surface area contributed by atoms with Crippen LogP contribution < -0.4 is 5.73 Å². The standard InChI is InChI=1S/C28H22N2O3/c29-28(33)23-10-5-11-24-26(23)22-13-12-19(17-31)15-25(22)30(24)16-18-6-4-9-21(14-18)27(32)20-7-2-1-3-8-20/h1-15,31H,16-17H2,(H2,29,33). The molecule has 162 valence electrons. The van der Waals surface area contributed by atoms with E-state index in [1.54, 1.807) is 6.07 Å². The largest absolute Gasteiger partial charge is 0.392 e. The minimum atomic E-state index is -0.485. The summed E-state index contributed by atoms with van der Waals surface area (Å²) in [5.41, 5.74) is 10.9. The molecular weight excluding hydrogens is 412 g/mol. The molecule has 0 saturated carbocycles. The van der Waals surface area contributed by atoms with E-state index in [-0.39, 0.29) is 12.4 Å². The molecule has 1 aromatic heterocycles. The Hall–Kier alpha value is -4.22. The number of rotatable bonds is 6. The van der Waals surface area contributed by atoms with Crippen LogP contribution in [-0.2, 0) is 13.2 Å². The quantitative estimate of drug-likeness (QED) is 0.381. The fraction of sp³-hybridized carbons (Fsp3) is 0.0714. The Kier molecular flexibility index (Phi) is 5.24. The van der Waals surface area contributed by atoms with Gasteiger partial charge in [0.15, 0.2) is 5.78 Å². The second kappa shape index (κ2) is 8.37. The fourth-order valence-electron chi connectivity index (χ4n) is 4.41. The number of amides is 1. The number of hydrogen-bond donors (Lipinski definition) is 2.